The summed E-state index contributed by atoms with van der Waals surface area (Å²) in [7, 11) is 1.72. The minimum atomic E-state index is -0.117. The molecule has 0 spiro atoms. The third-order valence-corrected chi connectivity index (χ3v) is 4.27. The van der Waals surface area contributed by atoms with Crippen LogP contribution < -0.4 is 10.6 Å². The highest BCUT2D eigenvalue weighted by molar-refractivity contribution is 5.86. The van der Waals surface area contributed by atoms with Crippen molar-refractivity contribution in [3.8, 4) is 0 Å². The molecule has 1 unspecified atom stereocenters. The van der Waals surface area contributed by atoms with Gasteiger partial charge in [-0.15, -0.1) is 0 Å². The molecule has 2 heterocycles. The van der Waals surface area contributed by atoms with Gasteiger partial charge in [0.15, 0.2) is 5.96 Å². The number of amides is 1. The SMILES string of the molecule is CN=C(NCC(=O)N1CCCCC1)NCC1(C)CCCO1. The summed E-state index contributed by atoms with van der Waals surface area (Å²) in [4.78, 5) is 18.2. The van der Waals surface area contributed by atoms with E-state index in [0.717, 1.165) is 45.4 Å². The maximum atomic E-state index is 12.1. The van der Waals surface area contributed by atoms with Gasteiger partial charge >= 0.3 is 0 Å². The molecule has 0 bridgehead atoms. The van der Waals surface area contributed by atoms with Crippen molar-refractivity contribution < 1.29 is 9.53 Å². The zero-order valence-corrected chi connectivity index (χ0v) is 13.3. The summed E-state index contributed by atoms with van der Waals surface area (Å²) in [5.74, 6) is 0.818. The number of hydrogen-bond donors (Lipinski definition) is 2. The van der Waals surface area contributed by atoms with Crippen LogP contribution in [0.3, 0.4) is 0 Å². The Morgan fingerprint density at radius 3 is 2.62 bits per heavy atom. The average molecular weight is 296 g/mol. The molecule has 0 aromatic rings. The lowest BCUT2D eigenvalue weighted by Crippen LogP contribution is -2.49. The number of aliphatic imine (C=N–C) groups is 1. The number of carbonyl (C=O) groups excluding carboxylic acids is 1. The Balaban J connectivity index is 1.70. The summed E-state index contributed by atoms with van der Waals surface area (Å²) in [6.45, 7) is 5.73. The topological polar surface area (TPSA) is 66.0 Å². The fourth-order valence-electron chi connectivity index (χ4n) is 2.88. The zero-order valence-electron chi connectivity index (χ0n) is 13.3. The van der Waals surface area contributed by atoms with Crippen LogP contribution in [0.4, 0.5) is 0 Å². The van der Waals surface area contributed by atoms with E-state index in [2.05, 4.69) is 22.5 Å². The van der Waals surface area contributed by atoms with Gasteiger partial charge in [0.2, 0.25) is 5.91 Å². The van der Waals surface area contributed by atoms with Crippen molar-refractivity contribution in [1.29, 1.82) is 0 Å². The van der Waals surface area contributed by atoms with Crippen LogP contribution in [0.5, 0.6) is 0 Å². The van der Waals surface area contributed by atoms with Crippen LogP contribution >= 0.6 is 0 Å². The molecule has 2 fully saturated rings. The van der Waals surface area contributed by atoms with Crippen LogP contribution in [0.2, 0.25) is 0 Å². The maximum Gasteiger partial charge on any atom is 0.241 e. The molecule has 21 heavy (non-hydrogen) atoms. The smallest absolute Gasteiger partial charge is 0.241 e. The van der Waals surface area contributed by atoms with Gasteiger partial charge in [-0.1, -0.05) is 0 Å². The third kappa shape index (κ3) is 4.88. The van der Waals surface area contributed by atoms with E-state index in [4.69, 9.17) is 4.74 Å². The number of hydrogen-bond acceptors (Lipinski definition) is 3. The zero-order chi connectivity index (χ0) is 15.1. The molecule has 0 aromatic heterocycles. The fraction of sp³-hybridized carbons (Fsp3) is 0.867. The maximum absolute atomic E-state index is 12.1. The number of nitrogens with zero attached hydrogens (tertiary/aromatic N) is 2. The second-order valence-corrected chi connectivity index (χ2v) is 6.12. The van der Waals surface area contributed by atoms with Crippen molar-refractivity contribution >= 4 is 11.9 Å². The Morgan fingerprint density at radius 1 is 1.24 bits per heavy atom. The molecule has 0 saturated carbocycles. The molecule has 6 heteroatoms. The second kappa shape index (κ2) is 7.64. The Morgan fingerprint density at radius 2 is 2.00 bits per heavy atom. The van der Waals surface area contributed by atoms with E-state index in [-0.39, 0.29) is 11.5 Å². The molecule has 2 aliphatic rings. The molecular formula is C15H28N4O2. The molecule has 2 N–H and O–H groups in total. The van der Waals surface area contributed by atoms with E-state index in [1.807, 2.05) is 4.90 Å². The van der Waals surface area contributed by atoms with Crippen molar-refractivity contribution in [3.63, 3.8) is 0 Å². The molecule has 2 rings (SSSR count). The number of guanidine groups is 1. The first kappa shape index (κ1) is 16.1. The monoisotopic (exact) mass is 296 g/mol. The quantitative estimate of drug-likeness (QED) is 0.593. The van der Waals surface area contributed by atoms with Crippen LogP contribution in [0.1, 0.15) is 39.0 Å². The lowest BCUT2D eigenvalue weighted by Gasteiger charge is -2.27. The van der Waals surface area contributed by atoms with Crippen molar-refractivity contribution in [1.82, 2.24) is 15.5 Å². The summed E-state index contributed by atoms with van der Waals surface area (Å²) >= 11 is 0. The molecule has 1 atom stereocenters. The van der Waals surface area contributed by atoms with E-state index in [1.54, 1.807) is 7.05 Å². The van der Waals surface area contributed by atoms with E-state index < -0.39 is 0 Å². The van der Waals surface area contributed by atoms with Gasteiger partial charge in [-0.25, -0.2) is 0 Å². The van der Waals surface area contributed by atoms with E-state index >= 15 is 0 Å². The standard InChI is InChI=1S/C15H28N4O2/c1-15(7-6-10-21-15)12-18-14(16-2)17-11-13(20)19-8-4-3-5-9-19/h3-12H2,1-2H3,(H2,16,17,18). The summed E-state index contributed by atoms with van der Waals surface area (Å²) < 4.78 is 5.74. The molecule has 6 nitrogen and oxygen atoms in total. The Hall–Kier alpha value is -1.30. The molecule has 0 aromatic carbocycles. The average Bonchev–Trinajstić information content (AvgIpc) is 2.95. The van der Waals surface area contributed by atoms with Gasteiger partial charge in [0, 0.05) is 33.3 Å². The highest BCUT2D eigenvalue weighted by atomic mass is 16.5. The Kier molecular flexibility index (Phi) is 5.85. The second-order valence-electron chi connectivity index (χ2n) is 6.12. The molecule has 0 radical (unpaired) electrons. The van der Waals surface area contributed by atoms with Gasteiger partial charge in [0.05, 0.1) is 12.1 Å². The first-order valence-corrected chi connectivity index (χ1v) is 7.99. The van der Waals surface area contributed by atoms with Gasteiger partial charge < -0.3 is 20.3 Å². The van der Waals surface area contributed by atoms with Gasteiger partial charge in [-0.2, -0.15) is 0 Å². The first-order valence-electron chi connectivity index (χ1n) is 7.99. The number of likely N-dealkylation sites (tertiary alicyclic amines) is 1. The van der Waals surface area contributed by atoms with Crippen LogP contribution in [-0.4, -0.2) is 62.2 Å². The Bertz CT molecular complexity index is 372. The minimum absolute atomic E-state index is 0.117. The molecule has 0 aliphatic carbocycles. The highest BCUT2D eigenvalue weighted by Crippen LogP contribution is 2.23. The molecular weight excluding hydrogens is 268 g/mol. The lowest BCUT2D eigenvalue weighted by atomic mass is 10.0. The van der Waals surface area contributed by atoms with E-state index in [0.29, 0.717) is 19.0 Å². The number of rotatable bonds is 4. The van der Waals surface area contributed by atoms with Gasteiger partial charge in [-0.3, -0.25) is 9.79 Å². The molecule has 1 amide bonds. The minimum Gasteiger partial charge on any atom is -0.373 e. The third-order valence-electron chi connectivity index (χ3n) is 4.27. The molecule has 2 saturated heterocycles. The first-order chi connectivity index (χ1) is 10.1. The lowest BCUT2D eigenvalue weighted by molar-refractivity contribution is -0.130. The van der Waals surface area contributed by atoms with Gasteiger partial charge in [-0.05, 0) is 39.0 Å². The van der Waals surface area contributed by atoms with Crippen molar-refractivity contribution in [2.75, 3.05) is 39.8 Å². The number of ether oxygens (including phenoxy) is 1. The molecule has 120 valence electrons. The predicted molar refractivity (Wildman–Crippen MR) is 83.4 cm³/mol. The number of carbonyl (C=O) groups is 1. The van der Waals surface area contributed by atoms with Crippen molar-refractivity contribution in [3.05, 3.63) is 0 Å². The summed E-state index contributed by atoms with van der Waals surface area (Å²) in [5, 5.41) is 6.35. The number of piperidine rings is 1. The fourth-order valence-corrected chi connectivity index (χ4v) is 2.88. The summed E-state index contributed by atoms with van der Waals surface area (Å²) in [5.41, 5.74) is -0.117. The van der Waals surface area contributed by atoms with E-state index in [9.17, 15) is 4.79 Å². The largest absolute Gasteiger partial charge is 0.373 e. The van der Waals surface area contributed by atoms with Crippen molar-refractivity contribution in [2.24, 2.45) is 4.99 Å². The van der Waals surface area contributed by atoms with Crippen LogP contribution in [-0.2, 0) is 9.53 Å². The van der Waals surface area contributed by atoms with Crippen molar-refractivity contribution in [2.45, 2.75) is 44.6 Å². The van der Waals surface area contributed by atoms with Gasteiger partial charge in [0.25, 0.3) is 0 Å². The van der Waals surface area contributed by atoms with E-state index in [1.165, 1.54) is 6.42 Å². The predicted octanol–water partition coefficient (Wildman–Crippen LogP) is 0.733. The summed E-state index contributed by atoms with van der Waals surface area (Å²) in [6, 6.07) is 0. The normalized spacial score (nSPS) is 26.8. The highest BCUT2D eigenvalue weighted by Gasteiger charge is 2.29. The van der Waals surface area contributed by atoms with Crippen LogP contribution in [0.25, 0.3) is 0 Å². The van der Waals surface area contributed by atoms with Crippen LogP contribution in [0.15, 0.2) is 4.99 Å². The van der Waals surface area contributed by atoms with Gasteiger partial charge in [0.1, 0.15) is 0 Å². The summed E-state index contributed by atoms with van der Waals surface area (Å²) in [6.07, 6.45) is 5.64. The van der Waals surface area contributed by atoms with Crippen LogP contribution in [0, 0.1) is 0 Å². The Labute approximate surface area is 127 Å². The number of nitrogens with one attached hydrogen (secondary N) is 2. The molecule has 2 aliphatic heterocycles.